The molecule has 0 radical (unpaired) electrons. The van der Waals surface area contributed by atoms with E-state index in [1.54, 1.807) is 6.92 Å². The minimum Gasteiger partial charge on any atom is -0.481 e. The first-order chi connectivity index (χ1) is 10.7. The third-order valence-electron chi connectivity index (χ3n) is 3.02. The lowest BCUT2D eigenvalue weighted by molar-refractivity contribution is -0.139. The van der Waals surface area contributed by atoms with Crippen LogP contribution < -0.4 is 5.32 Å². The highest BCUT2D eigenvalue weighted by molar-refractivity contribution is 5.71. The Hall–Kier alpha value is -2.08. The summed E-state index contributed by atoms with van der Waals surface area (Å²) >= 11 is 0. The van der Waals surface area contributed by atoms with Crippen molar-refractivity contribution in [3.63, 3.8) is 0 Å². The van der Waals surface area contributed by atoms with Gasteiger partial charge in [0.25, 0.3) is 0 Å². The maximum absolute atomic E-state index is 11.9. The summed E-state index contributed by atoms with van der Waals surface area (Å²) in [6.45, 7) is 7.47. The van der Waals surface area contributed by atoms with Crippen molar-refractivity contribution >= 4 is 12.1 Å². The van der Waals surface area contributed by atoms with Crippen LogP contribution in [0, 0.1) is 0 Å². The first-order valence-corrected chi connectivity index (χ1v) is 7.54. The van der Waals surface area contributed by atoms with E-state index in [-0.39, 0.29) is 13.0 Å². The van der Waals surface area contributed by atoms with Crippen LogP contribution in [0.5, 0.6) is 0 Å². The van der Waals surface area contributed by atoms with Gasteiger partial charge in [-0.2, -0.15) is 0 Å². The standard InChI is InChI=1S/C17H25NO5/c1-12(23-17(2,3)4)14(10-15(19)20)18-16(21)22-11-13-8-6-5-7-9-13/h5-9,12,14H,10-11H2,1-4H3,(H,18,21)(H,19,20)/t12-,14-/m0/s1. The highest BCUT2D eigenvalue weighted by Crippen LogP contribution is 2.15. The van der Waals surface area contributed by atoms with Crippen molar-refractivity contribution in [2.45, 2.75) is 58.5 Å². The monoisotopic (exact) mass is 323 g/mol. The van der Waals surface area contributed by atoms with Gasteiger partial charge in [-0.15, -0.1) is 0 Å². The number of hydrogen-bond acceptors (Lipinski definition) is 4. The van der Waals surface area contributed by atoms with Crippen LogP contribution in [-0.2, 0) is 20.9 Å². The minimum absolute atomic E-state index is 0.126. The predicted molar refractivity (Wildman–Crippen MR) is 86.1 cm³/mol. The zero-order valence-electron chi connectivity index (χ0n) is 14.0. The molecule has 0 fully saturated rings. The lowest BCUT2D eigenvalue weighted by Crippen LogP contribution is -2.47. The van der Waals surface area contributed by atoms with Crippen LogP contribution in [0.1, 0.15) is 39.7 Å². The van der Waals surface area contributed by atoms with Crippen LogP contribution in [0.25, 0.3) is 0 Å². The zero-order valence-corrected chi connectivity index (χ0v) is 14.0. The predicted octanol–water partition coefficient (Wildman–Crippen LogP) is 2.96. The van der Waals surface area contributed by atoms with E-state index in [0.717, 1.165) is 5.56 Å². The lowest BCUT2D eigenvalue weighted by Gasteiger charge is -2.30. The molecule has 0 saturated carbocycles. The van der Waals surface area contributed by atoms with Crippen molar-refractivity contribution in [3.8, 4) is 0 Å². The molecule has 0 aliphatic rings. The van der Waals surface area contributed by atoms with Crippen LogP contribution in [0.3, 0.4) is 0 Å². The van der Waals surface area contributed by atoms with E-state index in [1.165, 1.54) is 0 Å². The molecule has 2 N–H and O–H groups in total. The zero-order chi connectivity index (χ0) is 17.5. The molecule has 0 bridgehead atoms. The number of benzene rings is 1. The molecule has 6 nitrogen and oxygen atoms in total. The van der Waals surface area contributed by atoms with Crippen LogP contribution >= 0.6 is 0 Å². The fraction of sp³-hybridized carbons (Fsp3) is 0.529. The van der Waals surface area contributed by atoms with Gasteiger partial charge in [0.2, 0.25) is 0 Å². The van der Waals surface area contributed by atoms with Crippen LogP contribution in [-0.4, -0.2) is 34.9 Å². The number of alkyl carbamates (subject to hydrolysis) is 1. The largest absolute Gasteiger partial charge is 0.481 e. The molecule has 0 spiro atoms. The Kier molecular flexibility index (Phi) is 7.03. The summed E-state index contributed by atoms with van der Waals surface area (Å²) < 4.78 is 10.9. The fourth-order valence-corrected chi connectivity index (χ4v) is 2.08. The average molecular weight is 323 g/mol. The summed E-state index contributed by atoms with van der Waals surface area (Å²) in [7, 11) is 0. The molecular formula is C17H25NO5. The normalized spacial score (nSPS) is 13.9. The summed E-state index contributed by atoms with van der Waals surface area (Å²) in [5.74, 6) is -1.01. The van der Waals surface area contributed by atoms with Gasteiger partial charge in [0.1, 0.15) is 6.61 Å². The SMILES string of the molecule is C[C@H](OC(C)(C)C)[C@H](CC(=O)O)NC(=O)OCc1ccccc1. The molecular weight excluding hydrogens is 298 g/mol. The maximum atomic E-state index is 11.9. The number of carboxylic acid groups (broad SMARTS) is 1. The number of rotatable bonds is 7. The molecule has 0 heterocycles. The quantitative estimate of drug-likeness (QED) is 0.806. The van der Waals surface area contributed by atoms with Crippen LogP contribution in [0.15, 0.2) is 30.3 Å². The van der Waals surface area contributed by atoms with Crippen molar-refractivity contribution in [2.75, 3.05) is 0 Å². The summed E-state index contributed by atoms with van der Waals surface area (Å²) in [4.78, 5) is 22.9. The molecule has 23 heavy (non-hydrogen) atoms. The van der Waals surface area contributed by atoms with E-state index in [4.69, 9.17) is 14.6 Å². The van der Waals surface area contributed by atoms with E-state index in [1.807, 2.05) is 51.1 Å². The minimum atomic E-state index is -1.01. The number of carboxylic acids is 1. The molecule has 1 rings (SSSR count). The second kappa shape index (κ2) is 8.53. The Morgan fingerprint density at radius 1 is 1.22 bits per heavy atom. The van der Waals surface area contributed by atoms with E-state index in [0.29, 0.717) is 0 Å². The third-order valence-corrected chi connectivity index (χ3v) is 3.02. The smallest absolute Gasteiger partial charge is 0.407 e. The molecule has 2 atom stereocenters. The first kappa shape index (κ1) is 19.0. The van der Waals surface area contributed by atoms with E-state index in [9.17, 15) is 9.59 Å². The Morgan fingerprint density at radius 2 is 1.83 bits per heavy atom. The van der Waals surface area contributed by atoms with Gasteiger partial charge in [-0.3, -0.25) is 4.79 Å². The van der Waals surface area contributed by atoms with Gasteiger partial charge in [0, 0.05) is 0 Å². The number of carbonyl (C=O) groups is 2. The number of nitrogens with one attached hydrogen (secondary N) is 1. The number of amides is 1. The van der Waals surface area contributed by atoms with Crippen molar-refractivity contribution in [1.29, 1.82) is 0 Å². The van der Waals surface area contributed by atoms with Crippen molar-refractivity contribution < 1.29 is 24.2 Å². The number of carbonyl (C=O) groups excluding carboxylic acids is 1. The van der Waals surface area contributed by atoms with Gasteiger partial charge in [0.15, 0.2) is 0 Å². The Balaban J connectivity index is 2.58. The van der Waals surface area contributed by atoms with Crippen molar-refractivity contribution in [1.82, 2.24) is 5.32 Å². The van der Waals surface area contributed by atoms with E-state index < -0.39 is 29.8 Å². The molecule has 0 unspecified atom stereocenters. The molecule has 128 valence electrons. The summed E-state index contributed by atoms with van der Waals surface area (Å²) in [5, 5.41) is 11.6. The van der Waals surface area contributed by atoms with Crippen molar-refractivity contribution in [3.05, 3.63) is 35.9 Å². The van der Waals surface area contributed by atoms with Gasteiger partial charge in [-0.1, -0.05) is 30.3 Å². The highest BCUT2D eigenvalue weighted by Gasteiger charge is 2.27. The third kappa shape index (κ3) is 8.21. The van der Waals surface area contributed by atoms with E-state index in [2.05, 4.69) is 5.32 Å². The summed E-state index contributed by atoms with van der Waals surface area (Å²) in [6.07, 6.45) is -1.36. The van der Waals surface area contributed by atoms with E-state index >= 15 is 0 Å². The lowest BCUT2D eigenvalue weighted by atomic mass is 10.1. The van der Waals surface area contributed by atoms with Gasteiger partial charge < -0.3 is 19.9 Å². The van der Waals surface area contributed by atoms with Gasteiger partial charge in [-0.25, -0.2) is 4.79 Å². The maximum Gasteiger partial charge on any atom is 0.407 e. The van der Waals surface area contributed by atoms with Crippen LogP contribution in [0.2, 0.25) is 0 Å². The molecule has 1 amide bonds. The number of ether oxygens (including phenoxy) is 2. The topological polar surface area (TPSA) is 84.9 Å². The highest BCUT2D eigenvalue weighted by atomic mass is 16.5. The number of aliphatic carboxylic acids is 1. The second-order valence-electron chi connectivity index (χ2n) is 6.35. The molecule has 1 aromatic rings. The second-order valence-corrected chi connectivity index (χ2v) is 6.35. The Labute approximate surface area is 136 Å². The molecule has 0 aromatic heterocycles. The van der Waals surface area contributed by atoms with Gasteiger partial charge in [0.05, 0.1) is 24.2 Å². The van der Waals surface area contributed by atoms with Crippen LogP contribution in [0.4, 0.5) is 4.79 Å². The van der Waals surface area contributed by atoms with Gasteiger partial charge in [-0.05, 0) is 33.3 Å². The molecule has 1 aromatic carbocycles. The molecule has 0 aliphatic carbocycles. The fourth-order valence-electron chi connectivity index (χ4n) is 2.08. The molecule has 0 aliphatic heterocycles. The molecule has 6 heteroatoms. The van der Waals surface area contributed by atoms with Crippen molar-refractivity contribution in [2.24, 2.45) is 0 Å². The molecule has 0 saturated heterocycles. The average Bonchev–Trinajstić information content (AvgIpc) is 2.43. The number of hydrogen-bond donors (Lipinski definition) is 2. The Bertz CT molecular complexity index is 509. The summed E-state index contributed by atoms with van der Waals surface area (Å²) in [5.41, 5.74) is 0.419. The van der Waals surface area contributed by atoms with Gasteiger partial charge >= 0.3 is 12.1 Å². The Morgan fingerprint density at radius 3 is 2.35 bits per heavy atom. The first-order valence-electron chi connectivity index (χ1n) is 7.54. The summed E-state index contributed by atoms with van der Waals surface area (Å²) in [6, 6.07) is 8.58.